The van der Waals surface area contributed by atoms with E-state index in [1.165, 1.54) is 0 Å². The Balaban J connectivity index is 1.92. The van der Waals surface area contributed by atoms with Gasteiger partial charge >= 0.3 is 6.18 Å². The molecule has 1 aromatic heterocycles. The average molecular weight is 326 g/mol. The quantitative estimate of drug-likeness (QED) is 0.732. The van der Waals surface area contributed by atoms with Crippen molar-refractivity contribution in [3.63, 3.8) is 0 Å². The van der Waals surface area contributed by atoms with Crippen molar-refractivity contribution in [2.24, 2.45) is 0 Å². The minimum Gasteiger partial charge on any atom is -0.481 e. The van der Waals surface area contributed by atoms with E-state index in [-0.39, 0.29) is 16.9 Å². The van der Waals surface area contributed by atoms with Crippen molar-refractivity contribution in [2.75, 3.05) is 37.8 Å². The monoisotopic (exact) mass is 325 g/mol. The Kier molecular flexibility index (Phi) is 3.70. The molecule has 0 spiro atoms. The van der Waals surface area contributed by atoms with Crippen LogP contribution in [-0.4, -0.2) is 55.2 Å². The van der Waals surface area contributed by atoms with Crippen LogP contribution in [0.15, 0.2) is 0 Å². The first-order valence-corrected chi connectivity index (χ1v) is 6.59. The van der Waals surface area contributed by atoms with Crippen LogP contribution in [0.1, 0.15) is 0 Å². The van der Waals surface area contributed by atoms with Crippen molar-refractivity contribution < 1.29 is 27.4 Å². The zero-order valence-electron chi connectivity index (χ0n) is 10.7. The average Bonchev–Trinajstić information content (AvgIpc) is 2.45. The second kappa shape index (κ2) is 5.38. The summed E-state index contributed by atoms with van der Waals surface area (Å²) in [6.07, 6.45) is -6.60. The Labute approximate surface area is 122 Å². The minimum atomic E-state index is -4.53. The first-order chi connectivity index (χ1) is 9.95. The van der Waals surface area contributed by atoms with Crippen LogP contribution >= 0.6 is 11.6 Å². The second-order valence-electron chi connectivity index (χ2n) is 4.51. The van der Waals surface area contributed by atoms with E-state index in [2.05, 4.69) is 9.97 Å². The van der Waals surface area contributed by atoms with Gasteiger partial charge in [-0.05, 0) is 11.6 Å². The maximum Gasteiger partial charge on any atom is 0.428 e. The lowest BCUT2D eigenvalue weighted by molar-refractivity contribution is -0.208. The molecule has 10 heteroatoms. The molecule has 0 saturated carbocycles. The fourth-order valence-electron chi connectivity index (χ4n) is 2.08. The number of anilines is 1. The molecule has 2 aliphatic rings. The Hall–Kier alpha value is -1.48. The van der Waals surface area contributed by atoms with Crippen LogP contribution in [0.2, 0.25) is 5.28 Å². The van der Waals surface area contributed by atoms with Crippen LogP contribution in [-0.2, 0) is 4.74 Å². The number of halogens is 4. The largest absolute Gasteiger partial charge is 0.481 e. The SMILES string of the molecule is FC(F)(F)[C@@H]1COc2c(nc(Cl)nc2N2CCOCC2)O1. The van der Waals surface area contributed by atoms with E-state index in [4.69, 9.17) is 25.8 Å². The van der Waals surface area contributed by atoms with E-state index < -0.39 is 18.9 Å². The molecule has 0 bridgehead atoms. The van der Waals surface area contributed by atoms with Crippen molar-refractivity contribution in [3.05, 3.63) is 5.28 Å². The summed E-state index contributed by atoms with van der Waals surface area (Å²) in [7, 11) is 0. The van der Waals surface area contributed by atoms with Gasteiger partial charge in [0.1, 0.15) is 6.61 Å². The highest BCUT2D eigenvalue weighted by atomic mass is 35.5. The Morgan fingerprint density at radius 1 is 1.19 bits per heavy atom. The minimum absolute atomic E-state index is 0.0850. The number of ether oxygens (including phenoxy) is 3. The molecule has 6 nitrogen and oxygen atoms in total. The standard InChI is InChI=1S/C11H11ClF3N3O3/c12-10-16-8(18-1-3-19-4-2-18)7-9(17-10)21-6(5-20-7)11(13,14)15/h6H,1-5H2/t6-/m0/s1. The highest BCUT2D eigenvalue weighted by Gasteiger charge is 2.46. The van der Waals surface area contributed by atoms with Gasteiger partial charge in [-0.3, -0.25) is 0 Å². The topological polar surface area (TPSA) is 56.7 Å². The summed E-state index contributed by atoms with van der Waals surface area (Å²) < 4.78 is 53.3. The molecule has 0 amide bonds. The van der Waals surface area contributed by atoms with Crippen molar-refractivity contribution in [3.8, 4) is 11.6 Å². The third kappa shape index (κ3) is 2.93. The number of alkyl halides is 3. The summed E-state index contributed by atoms with van der Waals surface area (Å²) in [6, 6.07) is 0. The van der Waals surface area contributed by atoms with E-state index in [0.717, 1.165) is 0 Å². The zero-order chi connectivity index (χ0) is 15.0. The summed E-state index contributed by atoms with van der Waals surface area (Å²) in [5.41, 5.74) is 0. The Morgan fingerprint density at radius 2 is 1.90 bits per heavy atom. The third-order valence-electron chi connectivity index (χ3n) is 3.10. The third-order valence-corrected chi connectivity index (χ3v) is 3.27. The summed E-state index contributed by atoms with van der Waals surface area (Å²) in [5, 5.41) is -0.193. The number of fused-ring (bicyclic) bond motifs is 1. The molecule has 0 radical (unpaired) electrons. The second-order valence-corrected chi connectivity index (χ2v) is 4.85. The summed E-state index contributed by atoms with van der Waals surface area (Å²) >= 11 is 5.77. The van der Waals surface area contributed by atoms with E-state index in [1.807, 2.05) is 4.90 Å². The van der Waals surface area contributed by atoms with Gasteiger partial charge in [0, 0.05) is 13.1 Å². The van der Waals surface area contributed by atoms with Gasteiger partial charge in [-0.15, -0.1) is 0 Å². The molecule has 3 rings (SSSR count). The van der Waals surface area contributed by atoms with Gasteiger partial charge in [-0.25, -0.2) is 0 Å². The van der Waals surface area contributed by atoms with Gasteiger partial charge in [0.25, 0.3) is 5.88 Å². The van der Waals surface area contributed by atoms with Crippen molar-refractivity contribution in [1.82, 2.24) is 9.97 Å². The van der Waals surface area contributed by atoms with Crippen LogP contribution in [0.5, 0.6) is 11.6 Å². The van der Waals surface area contributed by atoms with E-state index in [0.29, 0.717) is 32.1 Å². The molecule has 0 unspecified atom stereocenters. The molecule has 2 aliphatic heterocycles. The fourth-order valence-corrected chi connectivity index (χ4v) is 2.23. The number of hydrogen-bond acceptors (Lipinski definition) is 6. The number of aromatic nitrogens is 2. The zero-order valence-corrected chi connectivity index (χ0v) is 11.4. The van der Waals surface area contributed by atoms with Crippen molar-refractivity contribution >= 4 is 17.4 Å². The molecule has 1 atom stereocenters. The van der Waals surface area contributed by atoms with E-state index in [9.17, 15) is 13.2 Å². The number of morpholine rings is 1. The molecule has 3 heterocycles. The molecular formula is C11H11ClF3N3O3. The normalized spacial score (nSPS) is 22.3. The highest BCUT2D eigenvalue weighted by molar-refractivity contribution is 6.28. The fraction of sp³-hybridized carbons (Fsp3) is 0.636. The molecule has 0 aromatic carbocycles. The van der Waals surface area contributed by atoms with Crippen LogP contribution < -0.4 is 14.4 Å². The lowest BCUT2D eigenvalue weighted by Crippen LogP contribution is -2.43. The smallest absolute Gasteiger partial charge is 0.428 e. The van der Waals surface area contributed by atoms with Crippen LogP contribution in [0.3, 0.4) is 0 Å². The Bertz CT molecular complexity index is 537. The summed E-state index contributed by atoms with van der Waals surface area (Å²) in [6.45, 7) is 1.40. The van der Waals surface area contributed by atoms with Gasteiger partial charge in [-0.1, -0.05) is 0 Å². The van der Waals surface area contributed by atoms with Crippen LogP contribution in [0.25, 0.3) is 0 Å². The molecule has 1 aromatic rings. The predicted molar refractivity (Wildman–Crippen MR) is 66.0 cm³/mol. The first kappa shape index (κ1) is 14.5. The van der Waals surface area contributed by atoms with Gasteiger partial charge in [0.05, 0.1) is 13.2 Å². The van der Waals surface area contributed by atoms with Gasteiger partial charge < -0.3 is 19.1 Å². The molecule has 0 N–H and O–H groups in total. The summed E-state index contributed by atoms with van der Waals surface area (Å²) in [4.78, 5) is 9.53. The van der Waals surface area contributed by atoms with Crippen molar-refractivity contribution in [1.29, 1.82) is 0 Å². The first-order valence-electron chi connectivity index (χ1n) is 6.21. The van der Waals surface area contributed by atoms with E-state index in [1.54, 1.807) is 0 Å². The molecule has 1 saturated heterocycles. The lowest BCUT2D eigenvalue weighted by Gasteiger charge is -2.32. The summed E-state index contributed by atoms with van der Waals surface area (Å²) in [5.74, 6) is 0.126. The Morgan fingerprint density at radius 3 is 2.57 bits per heavy atom. The molecule has 116 valence electrons. The number of rotatable bonds is 1. The number of hydrogen-bond donors (Lipinski definition) is 0. The molecule has 21 heavy (non-hydrogen) atoms. The van der Waals surface area contributed by atoms with Gasteiger partial charge in [0.15, 0.2) is 5.82 Å². The van der Waals surface area contributed by atoms with Crippen LogP contribution in [0.4, 0.5) is 19.0 Å². The maximum atomic E-state index is 12.7. The van der Waals surface area contributed by atoms with Gasteiger partial charge in [0.2, 0.25) is 17.1 Å². The predicted octanol–water partition coefficient (Wildman–Crippen LogP) is 1.67. The molecule has 1 fully saturated rings. The highest BCUT2D eigenvalue weighted by Crippen LogP contribution is 2.41. The van der Waals surface area contributed by atoms with Crippen LogP contribution in [0, 0.1) is 0 Å². The van der Waals surface area contributed by atoms with Gasteiger partial charge in [-0.2, -0.15) is 23.1 Å². The molecule has 0 aliphatic carbocycles. The lowest BCUT2D eigenvalue weighted by atomic mass is 10.3. The molecular weight excluding hydrogens is 315 g/mol. The van der Waals surface area contributed by atoms with Crippen molar-refractivity contribution in [2.45, 2.75) is 12.3 Å². The number of nitrogens with zero attached hydrogens (tertiary/aromatic N) is 3. The maximum absolute atomic E-state index is 12.7. The van der Waals surface area contributed by atoms with E-state index >= 15 is 0 Å².